The molecular formula is C24H19N3O8S2. The van der Waals surface area contributed by atoms with Crippen LogP contribution < -0.4 is 9.61 Å². The minimum Gasteiger partial charge on any atom is -0.489 e. The average molecular weight is 542 g/mol. The number of carbonyl (C=O) groups is 3. The van der Waals surface area contributed by atoms with Crippen LogP contribution in [0.25, 0.3) is 0 Å². The minimum atomic E-state index is -1.34. The maximum absolute atomic E-state index is 13.4. The van der Waals surface area contributed by atoms with E-state index in [0.717, 1.165) is 34.2 Å². The van der Waals surface area contributed by atoms with Crippen molar-refractivity contribution in [1.82, 2.24) is 9.88 Å². The number of amides is 2. The molecule has 2 aromatic carbocycles. The number of aromatic amines is 1. The zero-order chi connectivity index (χ0) is 26.4. The smallest absolute Gasteiger partial charge is 0.323 e. The Bertz CT molecular complexity index is 1500. The number of aryl methyl sites for hydroxylation is 1. The Morgan fingerprint density at radius 3 is 2.57 bits per heavy atom. The van der Waals surface area contributed by atoms with Gasteiger partial charge >= 0.3 is 10.8 Å². The Morgan fingerprint density at radius 1 is 1.16 bits per heavy atom. The van der Waals surface area contributed by atoms with E-state index in [0.29, 0.717) is 14.8 Å². The highest BCUT2D eigenvalue weighted by atomic mass is 32.2. The number of ether oxygens (including phenoxy) is 1. The summed E-state index contributed by atoms with van der Waals surface area (Å²) in [5.74, 6) is -4.49. The van der Waals surface area contributed by atoms with Crippen molar-refractivity contribution < 1.29 is 29.2 Å². The van der Waals surface area contributed by atoms with Gasteiger partial charge in [0, 0.05) is 28.5 Å². The molecule has 1 fully saturated rings. The number of thioether (sulfide) groups is 1. The van der Waals surface area contributed by atoms with Gasteiger partial charge in [-0.2, -0.15) is 0 Å². The van der Waals surface area contributed by atoms with Crippen LogP contribution in [-0.4, -0.2) is 49.5 Å². The first-order valence-electron chi connectivity index (χ1n) is 11.1. The normalized spacial score (nSPS) is 20.5. The molecular weight excluding hydrogens is 522 g/mol. The first kappa shape index (κ1) is 24.7. The van der Waals surface area contributed by atoms with E-state index >= 15 is 0 Å². The first-order chi connectivity index (χ1) is 17.6. The number of likely N-dealkylation sites (tertiary alicyclic amines) is 1. The second-order valence-electron chi connectivity index (χ2n) is 8.66. The van der Waals surface area contributed by atoms with Crippen molar-refractivity contribution in [2.75, 3.05) is 6.54 Å². The molecule has 2 aliphatic heterocycles. The highest BCUT2D eigenvalue weighted by Gasteiger charge is 2.56. The number of aromatic nitrogens is 1. The number of benzene rings is 2. The molecule has 190 valence electrons. The number of nitro groups is 1. The number of non-ortho nitro benzene ring substituents is 1. The van der Waals surface area contributed by atoms with E-state index in [1.807, 2.05) is 31.2 Å². The molecule has 3 aromatic rings. The van der Waals surface area contributed by atoms with E-state index in [1.165, 1.54) is 18.2 Å². The van der Waals surface area contributed by atoms with Gasteiger partial charge in [0.15, 0.2) is 0 Å². The summed E-state index contributed by atoms with van der Waals surface area (Å²) in [5, 5.41) is 20.2. The van der Waals surface area contributed by atoms with E-state index in [2.05, 4.69) is 4.98 Å². The van der Waals surface area contributed by atoms with Crippen molar-refractivity contribution in [1.29, 1.82) is 0 Å². The molecule has 0 bridgehead atoms. The SMILES string of the molecule is Cc1ccc(COc2ccc([N+](=O)[O-])cc2[C@@H]2c3sc(=O)[nH]c3SC3C(=O)N(CC(=O)O)C(=O)C32)cc1. The molecule has 5 rings (SSSR count). The third kappa shape index (κ3) is 4.51. The number of hydrogen-bond donors (Lipinski definition) is 2. The molecule has 0 aliphatic carbocycles. The van der Waals surface area contributed by atoms with Crippen molar-refractivity contribution in [3.63, 3.8) is 0 Å². The second kappa shape index (κ2) is 9.48. The van der Waals surface area contributed by atoms with Gasteiger partial charge in [-0.1, -0.05) is 52.9 Å². The number of nitrogens with one attached hydrogen (secondary N) is 1. The number of thiazole rings is 1. The molecule has 3 atom stereocenters. The van der Waals surface area contributed by atoms with Crippen LogP contribution in [-0.2, 0) is 21.0 Å². The number of carboxylic acid groups (broad SMARTS) is 1. The van der Waals surface area contributed by atoms with E-state index in [1.54, 1.807) is 0 Å². The number of aliphatic carboxylic acids is 1. The molecule has 0 radical (unpaired) electrons. The lowest BCUT2D eigenvalue weighted by molar-refractivity contribution is -0.385. The van der Waals surface area contributed by atoms with E-state index in [9.17, 15) is 34.4 Å². The number of fused-ring (bicyclic) bond motifs is 2. The number of carboxylic acids is 1. The molecule has 1 saturated heterocycles. The molecule has 3 heterocycles. The van der Waals surface area contributed by atoms with Gasteiger partial charge in [0.05, 0.1) is 15.9 Å². The Kier molecular flexibility index (Phi) is 6.33. The topological polar surface area (TPSA) is 160 Å². The number of rotatable bonds is 7. The van der Waals surface area contributed by atoms with Gasteiger partial charge in [-0.05, 0) is 18.6 Å². The number of carbonyl (C=O) groups excluding carboxylic acids is 2. The molecule has 37 heavy (non-hydrogen) atoms. The van der Waals surface area contributed by atoms with Gasteiger partial charge < -0.3 is 14.8 Å². The van der Waals surface area contributed by atoms with Gasteiger partial charge in [0.25, 0.3) is 5.69 Å². The van der Waals surface area contributed by atoms with Gasteiger partial charge in [-0.25, -0.2) is 0 Å². The van der Waals surface area contributed by atoms with Gasteiger partial charge in [-0.15, -0.1) is 0 Å². The summed E-state index contributed by atoms with van der Waals surface area (Å²) in [6.07, 6.45) is 0. The Hall–Kier alpha value is -3.97. The van der Waals surface area contributed by atoms with E-state index in [-0.39, 0.29) is 23.6 Å². The summed E-state index contributed by atoms with van der Waals surface area (Å²) >= 11 is 1.84. The van der Waals surface area contributed by atoms with Crippen LogP contribution in [0.15, 0.2) is 52.3 Å². The lowest BCUT2D eigenvalue weighted by atomic mass is 9.82. The number of nitro benzene ring substituents is 1. The Balaban J connectivity index is 1.63. The molecule has 2 amide bonds. The lowest BCUT2D eigenvalue weighted by Crippen LogP contribution is -2.36. The number of hydrogen-bond acceptors (Lipinski definition) is 9. The highest BCUT2D eigenvalue weighted by molar-refractivity contribution is 8.00. The standard InChI is InChI=1S/C24H19N3O8S2/c1-11-2-4-12(5-3-11)10-35-15-7-6-13(27(33)34)8-14(15)17-18-20(36-21-19(17)37-24(32)25-21)23(31)26(22(18)30)9-16(28)29/h2-8,17-18,20H,9-10H2,1H3,(H,25,32)(H,28,29)/t17-,18?,20?/m0/s1. The quantitative estimate of drug-likeness (QED) is 0.260. The predicted molar refractivity (Wildman–Crippen MR) is 133 cm³/mol. The molecule has 0 saturated carbocycles. The van der Waals surface area contributed by atoms with Crippen LogP contribution in [0, 0.1) is 23.0 Å². The van der Waals surface area contributed by atoms with Crippen molar-refractivity contribution in [2.24, 2.45) is 5.92 Å². The van der Waals surface area contributed by atoms with Crippen molar-refractivity contribution in [2.45, 2.75) is 29.7 Å². The third-order valence-corrected chi connectivity index (χ3v) is 8.66. The van der Waals surface area contributed by atoms with Crippen LogP contribution >= 0.6 is 23.1 Å². The van der Waals surface area contributed by atoms with Crippen LogP contribution in [0.1, 0.15) is 27.5 Å². The van der Waals surface area contributed by atoms with E-state index < -0.39 is 51.2 Å². The first-order valence-corrected chi connectivity index (χ1v) is 12.8. The number of imide groups is 1. The zero-order valence-corrected chi connectivity index (χ0v) is 20.8. The summed E-state index contributed by atoms with van der Waals surface area (Å²) in [4.78, 5) is 64.5. The lowest BCUT2D eigenvalue weighted by Gasteiger charge is -2.30. The van der Waals surface area contributed by atoms with Crippen molar-refractivity contribution in [3.05, 3.63) is 83.8 Å². The highest BCUT2D eigenvalue weighted by Crippen LogP contribution is 2.54. The largest absolute Gasteiger partial charge is 0.489 e. The molecule has 13 heteroatoms. The molecule has 2 aliphatic rings. The number of nitrogens with zero attached hydrogens (tertiary/aromatic N) is 2. The fourth-order valence-corrected chi connectivity index (χ4v) is 7.10. The van der Waals surface area contributed by atoms with Crippen LogP contribution in [0.4, 0.5) is 5.69 Å². The summed E-state index contributed by atoms with van der Waals surface area (Å²) in [6.45, 7) is 1.28. The summed E-state index contributed by atoms with van der Waals surface area (Å²) in [5.41, 5.74) is 1.93. The summed E-state index contributed by atoms with van der Waals surface area (Å²) in [6, 6.07) is 11.6. The molecule has 2 N–H and O–H groups in total. The molecule has 1 aromatic heterocycles. The van der Waals surface area contributed by atoms with Gasteiger partial charge in [-0.3, -0.25) is 34.2 Å². The van der Waals surface area contributed by atoms with Gasteiger partial charge in [0.1, 0.15) is 24.2 Å². The maximum atomic E-state index is 13.4. The van der Waals surface area contributed by atoms with Crippen LogP contribution in [0.3, 0.4) is 0 Å². The predicted octanol–water partition coefficient (Wildman–Crippen LogP) is 2.91. The van der Waals surface area contributed by atoms with Crippen LogP contribution in [0.2, 0.25) is 0 Å². The van der Waals surface area contributed by atoms with Crippen molar-refractivity contribution >= 4 is 46.6 Å². The minimum absolute atomic E-state index is 0.134. The fraction of sp³-hybridized carbons (Fsp3) is 0.250. The second-order valence-corrected chi connectivity index (χ2v) is 10.8. The molecule has 0 spiro atoms. The fourth-order valence-electron chi connectivity index (χ4n) is 4.57. The van der Waals surface area contributed by atoms with E-state index in [4.69, 9.17) is 4.74 Å². The zero-order valence-electron chi connectivity index (χ0n) is 19.2. The Morgan fingerprint density at radius 2 is 1.89 bits per heavy atom. The molecule has 11 nitrogen and oxygen atoms in total. The summed E-state index contributed by atoms with van der Waals surface area (Å²) in [7, 11) is 0. The summed E-state index contributed by atoms with van der Waals surface area (Å²) < 4.78 is 6.06. The average Bonchev–Trinajstić information content (AvgIpc) is 3.34. The number of H-pyrrole nitrogens is 1. The molecule has 2 unspecified atom stereocenters. The maximum Gasteiger partial charge on any atom is 0.323 e. The monoisotopic (exact) mass is 541 g/mol. The van der Waals surface area contributed by atoms with Crippen LogP contribution in [0.5, 0.6) is 5.75 Å². The van der Waals surface area contributed by atoms with Crippen molar-refractivity contribution in [3.8, 4) is 5.75 Å². The third-order valence-electron chi connectivity index (χ3n) is 6.26. The van der Waals surface area contributed by atoms with Gasteiger partial charge in [0.2, 0.25) is 11.8 Å². The Labute approximate surface area is 217 Å².